The number of morpholine rings is 1. The number of aliphatic hydroxyl groups is 1. The third-order valence-electron chi connectivity index (χ3n) is 6.34. The van der Waals surface area contributed by atoms with Crippen LogP contribution in [0.4, 0.5) is 5.69 Å². The Bertz CT molecular complexity index is 1010. The summed E-state index contributed by atoms with van der Waals surface area (Å²) >= 11 is 0. The number of aliphatic hydroxyl groups excluding tert-OH is 1. The first kappa shape index (κ1) is 26.2. The predicted molar refractivity (Wildman–Crippen MR) is 132 cm³/mol. The van der Waals surface area contributed by atoms with E-state index in [1.165, 1.54) is 13.8 Å². The molecule has 2 saturated heterocycles. The standard InChI is InChI=1S/C27H34N2O7/c1-18(34-19(2)31)26(32)28-23-9-7-22(8-10-23)27-35-24(16-29-11-13-33-14-12-29)15-25(36-27)21-5-3-20(17-30)4-6-21/h3-10,18,24-25,27,30H,11-17H2,1-2H3,(H,28,32). The maximum absolute atomic E-state index is 12.2. The van der Waals surface area contributed by atoms with Gasteiger partial charge in [0.15, 0.2) is 12.4 Å². The lowest BCUT2D eigenvalue weighted by Gasteiger charge is -2.39. The number of amides is 1. The zero-order chi connectivity index (χ0) is 25.5. The van der Waals surface area contributed by atoms with Crippen molar-refractivity contribution in [1.82, 2.24) is 4.90 Å². The van der Waals surface area contributed by atoms with Crippen molar-refractivity contribution in [2.45, 2.75) is 51.5 Å². The molecule has 0 bridgehead atoms. The van der Waals surface area contributed by atoms with E-state index >= 15 is 0 Å². The first-order chi connectivity index (χ1) is 17.4. The number of nitrogens with zero attached hydrogens (tertiary/aromatic N) is 1. The number of rotatable bonds is 8. The Labute approximate surface area is 211 Å². The number of esters is 1. The maximum Gasteiger partial charge on any atom is 0.303 e. The van der Waals surface area contributed by atoms with Crippen LogP contribution in [-0.2, 0) is 35.1 Å². The van der Waals surface area contributed by atoms with Crippen LogP contribution in [0.5, 0.6) is 0 Å². The molecule has 0 radical (unpaired) electrons. The van der Waals surface area contributed by atoms with Crippen LogP contribution in [0.3, 0.4) is 0 Å². The largest absolute Gasteiger partial charge is 0.453 e. The van der Waals surface area contributed by atoms with E-state index in [-0.39, 0.29) is 18.8 Å². The Balaban J connectivity index is 1.46. The van der Waals surface area contributed by atoms with Crippen molar-refractivity contribution in [3.8, 4) is 0 Å². The molecular weight excluding hydrogens is 464 g/mol. The van der Waals surface area contributed by atoms with E-state index < -0.39 is 24.3 Å². The molecule has 0 saturated carbocycles. The van der Waals surface area contributed by atoms with Crippen molar-refractivity contribution in [2.24, 2.45) is 0 Å². The van der Waals surface area contributed by atoms with Crippen molar-refractivity contribution in [3.05, 3.63) is 65.2 Å². The van der Waals surface area contributed by atoms with Gasteiger partial charge in [-0.3, -0.25) is 14.5 Å². The molecule has 2 fully saturated rings. The average Bonchev–Trinajstić information content (AvgIpc) is 2.89. The van der Waals surface area contributed by atoms with E-state index in [2.05, 4.69) is 10.2 Å². The highest BCUT2D eigenvalue weighted by molar-refractivity contribution is 5.94. The van der Waals surface area contributed by atoms with Crippen LogP contribution in [0, 0.1) is 0 Å². The van der Waals surface area contributed by atoms with E-state index in [0.29, 0.717) is 12.1 Å². The van der Waals surface area contributed by atoms with E-state index in [9.17, 15) is 14.7 Å². The van der Waals surface area contributed by atoms with Gasteiger partial charge in [0, 0.05) is 44.2 Å². The van der Waals surface area contributed by atoms with Crippen LogP contribution in [0.15, 0.2) is 48.5 Å². The Morgan fingerprint density at radius 1 is 1.06 bits per heavy atom. The monoisotopic (exact) mass is 498 g/mol. The number of hydrogen-bond donors (Lipinski definition) is 2. The fourth-order valence-corrected chi connectivity index (χ4v) is 4.37. The smallest absolute Gasteiger partial charge is 0.303 e. The molecule has 0 aromatic heterocycles. The quantitative estimate of drug-likeness (QED) is 0.535. The van der Waals surface area contributed by atoms with Crippen molar-refractivity contribution in [2.75, 3.05) is 38.2 Å². The molecule has 0 aliphatic carbocycles. The molecule has 9 heteroatoms. The fourth-order valence-electron chi connectivity index (χ4n) is 4.37. The second-order valence-electron chi connectivity index (χ2n) is 9.13. The summed E-state index contributed by atoms with van der Waals surface area (Å²) in [6.45, 7) is 6.78. The highest BCUT2D eigenvalue weighted by Gasteiger charge is 2.33. The number of hydrogen-bond acceptors (Lipinski definition) is 8. The molecule has 2 N–H and O–H groups in total. The summed E-state index contributed by atoms with van der Waals surface area (Å²) in [6.07, 6.45) is -0.933. The van der Waals surface area contributed by atoms with E-state index in [1.54, 1.807) is 12.1 Å². The number of ether oxygens (including phenoxy) is 4. The molecule has 4 rings (SSSR count). The summed E-state index contributed by atoms with van der Waals surface area (Å²) in [5.74, 6) is -0.910. The highest BCUT2D eigenvalue weighted by atomic mass is 16.7. The fraction of sp³-hybridized carbons (Fsp3) is 0.481. The third kappa shape index (κ3) is 7.11. The Morgan fingerprint density at radius 2 is 1.72 bits per heavy atom. The molecule has 194 valence electrons. The average molecular weight is 499 g/mol. The molecule has 2 heterocycles. The van der Waals surface area contributed by atoms with Crippen LogP contribution >= 0.6 is 0 Å². The number of carbonyl (C=O) groups excluding carboxylic acids is 2. The van der Waals surface area contributed by atoms with Gasteiger partial charge in [-0.2, -0.15) is 0 Å². The van der Waals surface area contributed by atoms with Crippen molar-refractivity contribution in [1.29, 1.82) is 0 Å². The van der Waals surface area contributed by atoms with Crippen molar-refractivity contribution >= 4 is 17.6 Å². The first-order valence-corrected chi connectivity index (χ1v) is 12.3. The molecule has 2 aliphatic rings. The summed E-state index contributed by atoms with van der Waals surface area (Å²) < 4.78 is 23.2. The molecule has 1 amide bonds. The van der Waals surface area contributed by atoms with Gasteiger partial charge in [0.25, 0.3) is 5.91 Å². The molecule has 4 unspecified atom stereocenters. The lowest BCUT2D eigenvalue weighted by molar-refractivity contribution is -0.253. The summed E-state index contributed by atoms with van der Waals surface area (Å²) in [6, 6.07) is 15.1. The van der Waals surface area contributed by atoms with Gasteiger partial charge < -0.3 is 29.4 Å². The molecular formula is C27H34N2O7. The minimum absolute atomic E-state index is 0.000260. The molecule has 2 aliphatic heterocycles. The zero-order valence-electron chi connectivity index (χ0n) is 20.7. The van der Waals surface area contributed by atoms with Crippen LogP contribution in [0.2, 0.25) is 0 Å². The maximum atomic E-state index is 12.2. The summed E-state index contributed by atoms with van der Waals surface area (Å²) in [5.41, 5.74) is 3.31. The lowest BCUT2D eigenvalue weighted by atomic mass is 9.99. The van der Waals surface area contributed by atoms with Crippen LogP contribution in [-0.4, -0.2) is 66.9 Å². The Hall–Kier alpha value is -2.82. The summed E-state index contributed by atoms with van der Waals surface area (Å²) in [5, 5.41) is 12.1. The molecule has 9 nitrogen and oxygen atoms in total. The molecule has 36 heavy (non-hydrogen) atoms. The predicted octanol–water partition coefficient (Wildman–Crippen LogP) is 2.95. The lowest BCUT2D eigenvalue weighted by Crippen LogP contribution is -2.44. The normalized spacial score (nSPS) is 23.6. The zero-order valence-corrected chi connectivity index (χ0v) is 20.7. The Kier molecular flexibility index (Phi) is 9.06. The van der Waals surface area contributed by atoms with Crippen LogP contribution in [0.1, 0.15) is 49.4 Å². The minimum atomic E-state index is -0.883. The van der Waals surface area contributed by atoms with Gasteiger partial charge in [-0.15, -0.1) is 0 Å². The summed E-state index contributed by atoms with van der Waals surface area (Å²) in [4.78, 5) is 25.7. The van der Waals surface area contributed by atoms with E-state index in [0.717, 1.165) is 49.5 Å². The van der Waals surface area contributed by atoms with Crippen LogP contribution < -0.4 is 5.32 Å². The second-order valence-corrected chi connectivity index (χ2v) is 9.13. The van der Waals surface area contributed by atoms with Crippen LogP contribution in [0.25, 0.3) is 0 Å². The molecule has 2 aromatic rings. The minimum Gasteiger partial charge on any atom is -0.453 e. The topological polar surface area (TPSA) is 107 Å². The van der Waals surface area contributed by atoms with Gasteiger partial charge in [0.05, 0.1) is 32.0 Å². The second kappa shape index (κ2) is 12.4. The molecule has 2 aromatic carbocycles. The van der Waals surface area contributed by atoms with Gasteiger partial charge >= 0.3 is 5.97 Å². The number of anilines is 1. The van der Waals surface area contributed by atoms with Gasteiger partial charge in [-0.05, 0) is 30.2 Å². The van der Waals surface area contributed by atoms with E-state index in [4.69, 9.17) is 18.9 Å². The molecule has 4 atom stereocenters. The van der Waals surface area contributed by atoms with Gasteiger partial charge in [0.1, 0.15) is 0 Å². The van der Waals surface area contributed by atoms with Crippen molar-refractivity contribution < 1.29 is 33.6 Å². The highest BCUT2D eigenvalue weighted by Crippen LogP contribution is 2.38. The van der Waals surface area contributed by atoms with Gasteiger partial charge in [-0.25, -0.2) is 0 Å². The van der Waals surface area contributed by atoms with E-state index in [1.807, 2.05) is 36.4 Å². The molecule has 0 spiro atoms. The number of benzene rings is 2. The summed E-state index contributed by atoms with van der Waals surface area (Å²) in [7, 11) is 0. The third-order valence-corrected chi connectivity index (χ3v) is 6.34. The Morgan fingerprint density at radius 3 is 2.36 bits per heavy atom. The number of carbonyl (C=O) groups is 2. The number of nitrogens with one attached hydrogen (secondary N) is 1. The van der Waals surface area contributed by atoms with Gasteiger partial charge in [-0.1, -0.05) is 36.4 Å². The van der Waals surface area contributed by atoms with Gasteiger partial charge in [0.2, 0.25) is 0 Å². The first-order valence-electron chi connectivity index (χ1n) is 12.3. The SMILES string of the molecule is CC(=O)OC(C)C(=O)Nc1ccc(C2OC(CN3CCOCC3)CC(c3ccc(CO)cc3)O2)cc1. The van der Waals surface area contributed by atoms with Crippen molar-refractivity contribution in [3.63, 3.8) is 0 Å².